The van der Waals surface area contributed by atoms with Gasteiger partial charge in [-0.3, -0.25) is 11.7 Å². The first-order chi connectivity index (χ1) is 1.41. The molecule has 0 rings (SSSR count). The van der Waals surface area contributed by atoms with E-state index in [9.17, 15) is 0 Å². The van der Waals surface area contributed by atoms with E-state index in [0.717, 1.165) is 0 Å². The molecule has 0 saturated heterocycles. The number of hydrogen-bond donors (Lipinski definition) is 3. The Kier molecular flexibility index (Phi) is 29.9. The lowest BCUT2D eigenvalue weighted by molar-refractivity contribution is 0.803. The molecule has 0 bridgehead atoms. The first-order valence-corrected chi connectivity index (χ1v) is 0.577. The molecule has 28 valence electrons. The summed E-state index contributed by atoms with van der Waals surface area (Å²) in [5, 5.41) is 0. The Bertz CT molecular complexity index is 3.25. The molecule has 0 aromatic carbocycles. The lowest BCUT2D eigenvalue weighted by atomic mass is 12.0. The Morgan fingerprint density at radius 2 is 1.25 bits per heavy atom. The first-order valence-electron chi connectivity index (χ1n) is 0.577. The van der Waals surface area contributed by atoms with Crippen LogP contribution in [-0.2, 0) is 0 Å². The highest BCUT2D eigenvalue weighted by molar-refractivity contribution is 3.63. The SMILES string of the molecule is C.NNN. The average molecular weight is 63.1 g/mol. The van der Waals surface area contributed by atoms with Crippen molar-refractivity contribution in [3.05, 3.63) is 0 Å². The summed E-state index contributed by atoms with van der Waals surface area (Å²) in [4.78, 5) is 0. The van der Waals surface area contributed by atoms with Gasteiger partial charge in [-0.25, -0.2) is 0 Å². The zero-order valence-electron chi connectivity index (χ0n) is 1.65. The van der Waals surface area contributed by atoms with Gasteiger partial charge >= 0.3 is 0 Å². The summed E-state index contributed by atoms with van der Waals surface area (Å²) >= 11 is 0. The van der Waals surface area contributed by atoms with Gasteiger partial charge in [0.15, 0.2) is 0 Å². The van der Waals surface area contributed by atoms with E-state index < -0.39 is 0 Å². The maximum atomic E-state index is 4.38. The van der Waals surface area contributed by atoms with E-state index in [2.05, 4.69) is 11.7 Å². The van der Waals surface area contributed by atoms with Crippen molar-refractivity contribution < 1.29 is 0 Å². The maximum Gasteiger partial charge on any atom is -0.0776 e. The third-order valence-corrected chi connectivity index (χ3v) is 0. The lowest BCUT2D eigenvalue weighted by Crippen LogP contribution is -2.29. The summed E-state index contributed by atoms with van der Waals surface area (Å²) in [6, 6.07) is 0. The first kappa shape index (κ1) is 9.11. The molecule has 0 aromatic heterocycles. The van der Waals surface area contributed by atoms with Crippen LogP contribution in [0, 0.1) is 0 Å². The Labute approximate surface area is 25.9 Å². The predicted molar refractivity (Wildman–Crippen MR) is 18.2 cm³/mol. The molecule has 0 aliphatic heterocycles. The number of rotatable bonds is 0. The second-order valence-electron chi connectivity index (χ2n) is 0.167. The second kappa shape index (κ2) is 13.1. The lowest BCUT2D eigenvalue weighted by Gasteiger charge is -1.64. The number of nitrogens with two attached hydrogens (primary N) is 2. The number of nitrogens with one attached hydrogen (secondary N) is 1. The third kappa shape index (κ3) is 101. The zero-order valence-corrected chi connectivity index (χ0v) is 1.65. The van der Waals surface area contributed by atoms with Crippen molar-refractivity contribution >= 4 is 0 Å². The van der Waals surface area contributed by atoms with Crippen LogP contribution in [0.4, 0.5) is 0 Å². The van der Waals surface area contributed by atoms with E-state index in [-0.39, 0.29) is 7.43 Å². The minimum absolute atomic E-state index is 0. The molecule has 0 heterocycles. The molecule has 0 radical (unpaired) electrons. The summed E-state index contributed by atoms with van der Waals surface area (Å²) in [7, 11) is 0. The molecule has 5 N–H and O–H groups in total. The number of hydrogen-bond acceptors (Lipinski definition) is 3. The van der Waals surface area contributed by atoms with Crippen LogP contribution in [0.3, 0.4) is 0 Å². The van der Waals surface area contributed by atoms with Crippen molar-refractivity contribution in [1.82, 2.24) is 5.53 Å². The number of hydrazine groups is 2. The molecule has 0 amide bonds. The van der Waals surface area contributed by atoms with Crippen LogP contribution in [0.5, 0.6) is 0 Å². The van der Waals surface area contributed by atoms with Gasteiger partial charge in [0, 0.05) is 0 Å². The van der Waals surface area contributed by atoms with Crippen LogP contribution in [0.15, 0.2) is 0 Å². The van der Waals surface area contributed by atoms with Crippen molar-refractivity contribution in [2.75, 3.05) is 0 Å². The van der Waals surface area contributed by atoms with Crippen LogP contribution in [0.25, 0.3) is 0 Å². The summed E-state index contributed by atoms with van der Waals surface area (Å²) in [5.74, 6) is 8.75. The summed E-state index contributed by atoms with van der Waals surface area (Å²) in [6.07, 6.45) is 0. The van der Waals surface area contributed by atoms with Crippen LogP contribution in [-0.4, -0.2) is 0 Å². The van der Waals surface area contributed by atoms with Crippen LogP contribution < -0.4 is 17.2 Å². The normalized spacial score (nSPS) is 4.50. The summed E-state index contributed by atoms with van der Waals surface area (Å²) in [5.41, 5.74) is 1.75. The Morgan fingerprint density at radius 1 is 1.25 bits per heavy atom. The highest BCUT2D eigenvalue weighted by Crippen LogP contribution is 0.559. The van der Waals surface area contributed by atoms with Gasteiger partial charge in [-0.1, -0.05) is 7.43 Å². The van der Waals surface area contributed by atoms with Gasteiger partial charge in [0.2, 0.25) is 0 Å². The highest BCUT2D eigenvalue weighted by atomic mass is 15.4. The van der Waals surface area contributed by atoms with Gasteiger partial charge in [-0.15, -0.1) is 0 Å². The fourth-order valence-electron chi connectivity index (χ4n) is 0. The quantitative estimate of drug-likeness (QED) is 0.248. The fraction of sp³-hybridized carbons (Fsp3) is 1.00. The Morgan fingerprint density at radius 3 is 1.25 bits per heavy atom. The molecular formula is CH9N3. The molecule has 3 heteroatoms. The van der Waals surface area contributed by atoms with Gasteiger partial charge in [-0.05, 0) is 0 Å². The molecule has 0 atom stereocenters. The molecule has 0 spiro atoms. The van der Waals surface area contributed by atoms with Gasteiger partial charge in [0.1, 0.15) is 0 Å². The van der Waals surface area contributed by atoms with E-state index in [4.69, 9.17) is 0 Å². The minimum atomic E-state index is 0. The van der Waals surface area contributed by atoms with E-state index in [0.29, 0.717) is 0 Å². The summed E-state index contributed by atoms with van der Waals surface area (Å²) < 4.78 is 0. The molecule has 3 nitrogen and oxygen atoms in total. The second-order valence-corrected chi connectivity index (χ2v) is 0.167. The molecule has 0 fully saturated rings. The van der Waals surface area contributed by atoms with Crippen molar-refractivity contribution in [3.63, 3.8) is 0 Å². The van der Waals surface area contributed by atoms with Crippen molar-refractivity contribution in [1.29, 1.82) is 0 Å². The molecule has 0 aromatic rings. The van der Waals surface area contributed by atoms with Gasteiger partial charge < -0.3 is 0 Å². The Hall–Kier alpha value is -0.120. The molecule has 0 aliphatic carbocycles. The monoisotopic (exact) mass is 63.1 g/mol. The van der Waals surface area contributed by atoms with Crippen LogP contribution in [0.2, 0.25) is 0 Å². The van der Waals surface area contributed by atoms with Crippen LogP contribution >= 0.6 is 0 Å². The molecule has 0 unspecified atom stereocenters. The maximum absolute atomic E-state index is 4.38. The molecule has 0 saturated carbocycles. The molecule has 0 aliphatic rings. The van der Waals surface area contributed by atoms with Gasteiger partial charge in [0.25, 0.3) is 0 Å². The Balaban J connectivity index is 0. The van der Waals surface area contributed by atoms with Crippen molar-refractivity contribution in [2.24, 2.45) is 11.7 Å². The average Bonchev–Trinajstić information content (AvgIpc) is 0.918. The summed E-state index contributed by atoms with van der Waals surface area (Å²) in [6.45, 7) is 0. The van der Waals surface area contributed by atoms with Crippen LogP contribution in [0.1, 0.15) is 7.43 Å². The standard InChI is InChI=1S/CH4.H5N3/c;1-3-2/h1H4;3H,1-2H2. The molecule has 4 heavy (non-hydrogen) atoms. The van der Waals surface area contributed by atoms with Gasteiger partial charge in [0.05, 0.1) is 0 Å². The zero-order chi connectivity index (χ0) is 2.71. The van der Waals surface area contributed by atoms with E-state index in [1.54, 1.807) is 5.53 Å². The topological polar surface area (TPSA) is 64.1 Å². The highest BCUT2D eigenvalue weighted by Gasteiger charge is 1.19. The predicted octanol–water partition coefficient (Wildman–Crippen LogP) is -1.04. The van der Waals surface area contributed by atoms with E-state index in [1.807, 2.05) is 0 Å². The van der Waals surface area contributed by atoms with Gasteiger partial charge in [-0.2, -0.15) is 5.53 Å². The minimum Gasteiger partial charge on any atom is -0.258 e. The third-order valence-electron chi connectivity index (χ3n) is 0. The fourth-order valence-corrected chi connectivity index (χ4v) is 0. The van der Waals surface area contributed by atoms with Crippen molar-refractivity contribution in [2.45, 2.75) is 7.43 Å². The van der Waals surface area contributed by atoms with Crippen molar-refractivity contribution in [3.8, 4) is 0 Å². The molecular weight excluding hydrogens is 54.0 g/mol. The largest absolute Gasteiger partial charge is 0.258 e. The van der Waals surface area contributed by atoms with E-state index >= 15 is 0 Å². The smallest absolute Gasteiger partial charge is 0.0776 e. The van der Waals surface area contributed by atoms with E-state index in [1.165, 1.54) is 0 Å².